The number of carboxylic acid groups (broad SMARTS) is 1. The average molecular weight is 240 g/mol. The van der Waals surface area contributed by atoms with Gasteiger partial charge in [0.25, 0.3) is 0 Å². The smallest absolute Gasteiger partial charge is 0.308 e. The fourth-order valence-corrected chi connectivity index (χ4v) is 3.10. The summed E-state index contributed by atoms with van der Waals surface area (Å²) in [6, 6.07) is 0.587. The molecule has 0 radical (unpaired) electrons. The van der Waals surface area contributed by atoms with E-state index in [1.54, 1.807) is 6.20 Å². The lowest BCUT2D eigenvalue weighted by atomic mass is 10.1. The molecule has 1 aromatic heterocycles. The first-order valence-corrected chi connectivity index (χ1v) is 6.32. The summed E-state index contributed by atoms with van der Waals surface area (Å²) >= 11 is 1.53. The van der Waals surface area contributed by atoms with Crippen LogP contribution < -0.4 is 0 Å². The number of likely N-dealkylation sites (N-methyl/N-ethyl adjacent to an activating group) is 1. The third-order valence-corrected chi connectivity index (χ3v) is 4.03. The number of hydrogen-bond acceptors (Lipinski definition) is 4. The Hall–Kier alpha value is -0.940. The lowest BCUT2D eigenvalue weighted by Gasteiger charge is -2.17. The maximum absolute atomic E-state index is 10.5. The van der Waals surface area contributed by atoms with Gasteiger partial charge in [0.15, 0.2) is 0 Å². The van der Waals surface area contributed by atoms with Crippen LogP contribution in [-0.4, -0.2) is 40.6 Å². The largest absolute Gasteiger partial charge is 0.481 e. The van der Waals surface area contributed by atoms with Crippen molar-refractivity contribution in [3.05, 3.63) is 16.1 Å². The van der Waals surface area contributed by atoms with Crippen LogP contribution in [0.25, 0.3) is 0 Å². The molecule has 0 bridgehead atoms. The molecule has 5 heteroatoms. The third kappa shape index (κ3) is 2.80. The van der Waals surface area contributed by atoms with Gasteiger partial charge in [0.2, 0.25) is 0 Å². The highest BCUT2D eigenvalue weighted by atomic mass is 32.1. The normalized spacial score (nSPS) is 21.4. The second kappa shape index (κ2) is 4.93. The van der Waals surface area contributed by atoms with E-state index in [0.29, 0.717) is 6.04 Å². The van der Waals surface area contributed by atoms with Crippen LogP contribution >= 0.6 is 11.3 Å². The van der Waals surface area contributed by atoms with E-state index in [1.807, 2.05) is 0 Å². The Morgan fingerprint density at radius 3 is 3.19 bits per heavy atom. The van der Waals surface area contributed by atoms with E-state index in [-0.39, 0.29) is 6.42 Å². The highest BCUT2D eigenvalue weighted by Gasteiger charge is 2.22. The summed E-state index contributed by atoms with van der Waals surface area (Å²) in [6.07, 6.45) is 5.24. The van der Waals surface area contributed by atoms with Crippen LogP contribution in [0.3, 0.4) is 0 Å². The van der Waals surface area contributed by atoms with Gasteiger partial charge in [-0.3, -0.25) is 4.79 Å². The zero-order valence-corrected chi connectivity index (χ0v) is 10.2. The van der Waals surface area contributed by atoms with E-state index in [0.717, 1.165) is 22.9 Å². The molecule has 1 aromatic rings. The fourth-order valence-electron chi connectivity index (χ4n) is 2.11. The highest BCUT2D eigenvalue weighted by molar-refractivity contribution is 7.11. The maximum atomic E-state index is 10.5. The number of thiazole rings is 1. The van der Waals surface area contributed by atoms with Crippen molar-refractivity contribution in [3.8, 4) is 0 Å². The molecule has 0 spiro atoms. The van der Waals surface area contributed by atoms with Crippen molar-refractivity contribution in [3.63, 3.8) is 0 Å². The molecule has 0 aromatic carbocycles. The number of aromatic nitrogens is 1. The van der Waals surface area contributed by atoms with Gasteiger partial charge < -0.3 is 10.0 Å². The van der Waals surface area contributed by atoms with Crippen LogP contribution in [0.5, 0.6) is 0 Å². The van der Waals surface area contributed by atoms with Crippen LogP contribution in [0.2, 0.25) is 0 Å². The van der Waals surface area contributed by atoms with Gasteiger partial charge in [-0.25, -0.2) is 4.98 Å². The van der Waals surface area contributed by atoms with Crippen molar-refractivity contribution < 1.29 is 9.90 Å². The number of carbonyl (C=O) groups is 1. The first-order valence-electron chi connectivity index (χ1n) is 5.51. The molecule has 4 nitrogen and oxygen atoms in total. The number of rotatable bonds is 4. The molecule has 88 valence electrons. The molecule has 16 heavy (non-hydrogen) atoms. The molecule has 1 saturated heterocycles. The predicted molar refractivity (Wildman–Crippen MR) is 62.8 cm³/mol. The Morgan fingerprint density at radius 2 is 2.56 bits per heavy atom. The van der Waals surface area contributed by atoms with Crippen molar-refractivity contribution in [2.45, 2.75) is 31.7 Å². The monoisotopic (exact) mass is 240 g/mol. The summed E-state index contributed by atoms with van der Waals surface area (Å²) in [4.78, 5) is 18.1. The topological polar surface area (TPSA) is 53.4 Å². The van der Waals surface area contributed by atoms with Crippen molar-refractivity contribution in [1.29, 1.82) is 0 Å². The molecule has 0 aliphatic carbocycles. The molecule has 2 heterocycles. The Morgan fingerprint density at radius 1 is 1.75 bits per heavy atom. The van der Waals surface area contributed by atoms with Gasteiger partial charge in [-0.2, -0.15) is 0 Å². The summed E-state index contributed by atoms with van der Waals surface area (Å²) in [5, 5.41) is 9.74. The Bertz CT molecular complexity index is 378. The highest BCUT2D eigenvalue weighted by Crippen LogP contribution is 2.22. The van der Waals surface area contributed by atoms with Gasteiger partial charge in [0.1, 0.15) is 0 Å². The summed E-state index contributed by atoms with van der Waals surface area (Å²) < 4.78 is 0. The van der Waals surface area contributed by atoms with Crippen molar-refractivity contribution in [2.24, 2.45) is 0 Å². The average Bonchev–Trinajstić information content (AvgIpc) is 2.77. The van der Waals surface area contributed by atoms with Crippen LogP contribution in [0.15, 0.2) is 6.20 Å². The van der Waals surface area contributed by atoms with Gasteiger partial charge in [-0.1, -0.05) is 0 Å². The first kappa shape index (κ1) is 11.5. The number of hydrogen-bond donors (Lipinski definition) is 1. The maximum Gasteiger partial charge on any atom is 0.308 e. The molecule has 1 aliphatic rings. The molecule has 1 unspecified atom stereocenters. The van der Waals surface area contributed by atoms with Gasteiger partial charge in [-0.05, 0) is 26.4 Å². The van der Waals surface area contributed by atoms with Gasteiger partial charge in [0, 0.05) is 23.5 Å². The van der Waals surface area contributed by atoms with Crippen LogP contribution in [0.1, 0.15) is 22.7 Å². The van der Waals surface area contributed by atoms with Crippen molar-refractivity contribution in [2.75, 3.05) is 13.6 Å². The zero-order valence-electron chi connectivity index (χ0n) is 9.35. The molecule has 0 amide bonds. The first-order chi connectivity index (χ1) is 7.65. The standard InChI is InChI=1S/C11H16N2O2S/c1-13-4-2-3-8(13)5-10-12-7-9(16-10)6-11(14)15/h7-8H,2-6H2,1H3,(H,14,15). The fraction of sp³-hybridized carbons (Fsp3) is 0.636. The molecule has 1 atom stereocenters. The van der Waals surface area contributed by atoms with Gasteiger partial charge in [0.05, 0.1) is 11.4 Å². The van der Waals surface area contributed by atoms with E-state index >= 15 is 0 Å². The molecule has 1 aliphatic heterocycles. The summed E-state index contributed by atoms with van der Waals surface area (Å²) in [5.41, 5.74) is 0. The van der Waals surface area contributed by atoms with Crippen LogP contribution in [0.4, 0.5) is 0 Å². The van der Waals surface area contributed by atoms with E-state index in [2.05, 4.69) is 16.9 Å². The minimum Gasteiger partial charge on any atom is -0.481 e. The number of likely N-dealkylation sites (tertiary alicyclic amines) is 1. The molecule has 2 rings (SSSR count). The quantitative estimate of drug-likeness (QED) is 0.864. The van der Waals surface area contributed by atoms with E-state index in [4.69, 9.17) is 5.11 Å². The Kier molecular flexibility index (Phi) is 3.56. The van der Waals surface area contributed by atoms with Gasteiger partial charge in [-0.15, -0.1) is 11.3 Å². The van der Waals surface area contributed by atoms with Crippen LogP contribution in [0, 0.1) is 0 Å². The van der Waals surface area contributed by atoms with Gasteiger partial charge >= 0.3 is 5.97 Å². The molecule has 0 saturated carbocycles. The summed E-state index contributed by atoms with van der Waals surface area (Å²) in [6.45, 7) is 1.16. The van der Waals surface area contributed by atoms with E-state index < -0.39 is 5.97 Å². The lowest BCUT2D eigenvalue weighted by molar-refractivity contribution is -0.136. The summed E-state index contributed by atoms with van der Waals surface area (Å²) in [5.74, 6) is -0.784. The lowest BCUT2D eigenvalue weighted by Crippen LogP contribution is -2.26. The van der Waals surface area contributed by atoms with Crippen molar-refractivity contribution in [1.82, 2.24) is 9.88 Å². The molecule has 1 fully saturated rings. The molecular weight excluding hydrogens is 224 g/mol. The summed E-state index contributed by atoms with van der Waals surface area (Å²) in [7, 11) is 2.14. The minimum atomic E-state index is -0.784. The Labute approximate surface area is 98.9 Å². The van der Waals surface area contributed by atoms with Crippen LogP contribution in [-0.2, 0) is 17.6 Å². The second-order valence-corrected chi connectivity index (χ2v) is 5.47. The number of nitrogens with zero attached hydrogens (tertiary/aromatic N) is 2. The zero-order chi connectivity index (χ0) is 11.5. The third-order valence-electron chi connectivity index (χ3n) is 3.01. The van der Waals surface area contributed by atoms with E-state index in [1.165, 1.54) is 24.2 Å². The van der Waals surface area contributed by atoms with Crippen molar-refractivity contribution >= 4 is 17.3 Å². The SMILES string of the molecule is CN1CCCC1Cc1ncc(CC(=O)O)s1. The molecule has 1 N–H and O–H groups in total. The number of carboxylic acids is 1. The minimum absolute atomic E-state index is 0.0954. The second-order valence-electron chi connectivity index (χ2n) is 4.27. The number of aliphatic carboxylic acids is 1. The predicted octanol–water partition coefficient (Wildman–Crippen LogP) is 1.41. The Balaban J connectivity index is 1.94. The van der Waals surface area contributed by atoms with E-state index in [9.17, 15) is 4.79 Å². The molecular formula is C11H16N2O2S.